The van der Waals surface area contributed by atoms with Crippen LogP contribution in [0.2, 0.25) is 0 Å². The highest BCUT2D eigenvalue weighted by molar-refractivity contribution is 7.89. The van der Waals surface area contributed by atoms with Gasteiger partial charge in [0.15, 0.2) is 0 Å². The van der Waals surface area contributed by atoms with Gasteiger partial charge in [0.2, 0.25) is 15.9 Å². The Labute approximate surface area is 147 Å². The summed E-state index contributed by atoms with van der Waals surface area (Å²) in [7, 11) is -3.55. The van der Waals surface area contributed by atoms with Gasteiger partial charge < -0.3 is 4.90 Å². The van der Waals surface area contributed by atoms with Gasteiger partial charge in [-0.25, -0.2) is 22.3 Å². The molecule has 1 aromatic rings. The predicted octanol–water partition coefficient (Wildman–Crippen LogP) is 2.20. The van der Waals surface area contributed by atoms with Gasteiger partial charge in [0.05, 0.1) is 5.75 Å². The molecule has 0 aromatic heterocycles. The molecule has 1 aliphatic heterocycles. The van der Waals surface area contributed by atoms with Crippen molar-refractivity contribution in [2.45, 2.75) is 38.5 Å². The van der Waals surface area contributed by atoms with E-state index >= 15 is 0 Å². The van der Waals surface area contributed by atoms with E-state index in [4.69, 9.17) is 5.14 Å². The second-order valence-corrected chi connectivity index (χ2v) is 8.29. The third-order valence-corrected chi connectivity index (χ3v) is 5.41. The Kier molecular flexibility index (Phi) is 6.89. The second-order valence-electron chi connectivity index (χ2n) is 6.56. The minimum absolute atomic E-state index is 0.0922. The molecule has 1 aromatic carbocycles. The summed E-state index contributed by atoms with van der Waals surface area (Å²) in [6.07, 6.45) is 3.02. The molecule has 1 fully saturated rings. The molecule has 0 aliphatic carbocycles. The first kappa shape index (κ1) is 19.8. The van der Waals surface area contributed by atoms with Gasteiger partial charge in [-0.05, 0) is 50.2 Å². The molecule has 1 atom stereocenters. The number of primary sulfonamides is 1. The molecule has 0 spiro atoms. The quantitative estimate of drug-likeness (QED) is 0.794. The van der Waals surface area contributed by atoms with Crippen LogP contribution >= 0.6 is 0 Å². The van der Waals surface area contributed by atoms with E-state index in [1.807, 2.05) is 0 Å². The molecule has 1 amide bonds. The Balaban J connectivity index is 1.83. The van der Waals surface area contributed by atoms with Crippen molar-refractivity contribution in [3.05, 3.63) is 35.4 Å². The fraction of sp³-hybridized carbons (Fsp3) is 0.588. The first-order chi connectivity index (χ1) is 11.8. The number of piperidine rings is 1. The minimum atomic E-state index is -3.55. The molecule has 5 nitrogen and oxygen atoms in total. The number of carbonyl (C=O) groups excluding carboxylic acids is 1. The summed E-state index contributed by atoms with van der Waals surface area (Å²) in [6, 6.07) is 3.85. The van der Waals surface area contributed by atoms with Crippen molar-refractivity contribution < 1.29 is 22.0 Å². The van der Waals surface area contributed by atoms with E-state index in [0.717, 1.165) is 12.8 Å². The van der Waals surface area contributed by atoms with Crippen LogP contribution in [0.5, 0.6) is 0 Å². The Morgan fingerprint density at radius 3 is 2.60 bits per heavy atom. The maximum atomic E-state index is 13.7. The topological polar surface area (TPSA) is 80.5 Å². The fourth-order valence-corrected chi connectivity index (χ4v) is 3.78. The molecule has 140 valence electrons. The van der Waals surface area contributed by atoms with Crippen LogP contribution in [0.3, 0.4) is 0 Å². The van der Waals surface area contributed by atoms with Crippen LogP contribution in [0.1, 0.15) is 37.7 Å². The molecular formula is C17H24F2N2O3S. The Morgan fingerprint density at radius 2 is 1.96 bits per heavy atom. The lowest BCUT2D eigenvalue weighted by molar-refractivity contribution is -0.133. The largest absolute Gasteiger partial charge is 0.342 e. The van der Waals surface area contributed by atoms with E-state index in [9.17, 15) is 22.0 Å². The van der Waals surface area contributed by atoms with Gasteiger partial charge in [0.25, 0.3) is 0 Å². The van der Waals surface area contributed by atoms with Crippen LogP contribution in [-0.2, 0) is 21.2 Å². The van der Waals surface area contributed by atoms with E-state index in [2.05, 4.69) is 0 Å². The molecule has 0 radical (unpaired) electrons. The number of carbonyl (C=O) groups is 1. The van der Waals surface area contributed by atoms with Crippen molar-refractivity contribution in [1.29, 1.82) is 0 Å². The van der Waals surface area contributed by atoms with Gasteiger partial charge in [0, 0.05) is 25.1 Å². The van der Waals surface area contributed by atoms with Crippen LogP contribution in [-0.4, -0.2) is 38.1 Å². The van der Waals surface area contributed by atoms with Crippen molar-refractivity contribution in [3.8, 4) is 0 Å². The number of hydrogen-bond donors (Lipinski definition) is 1. The minimum Gasteiger partial charge on any atom is -0.342 e. The second kappa shape index (κ2) is 8.71. The summed E-state index contributed by atoms with van der Waals surface area (Å²) >= 11 is 0. The third kappa shape index (κ3) is 6.36. The first-order valence-corrected chi connectivity index (χ1v) is 10.2. The number of benzene rings is 1. The number of rotatable bonds is 7. The SMILES string of the molecule is NS(=O)(=O)CCCC(=O)N1CCC[C@@H](CCc2c(F)cccc2F)C1. The van der Waals surface area contributed by atoms with Gasteiger partial charge in [-0.3, -0.25) is 4.79 Å². The monoisotopic (exact) mass is 374 g/mol. The van der Waals surface area contributed by atoms with Gasteiger partial charge in [0.1, 0.15) is 11.6 Å². The maximum absolute atomic E-state index is 13.7. The average molecular weight is 374 g/mol. The fourth-order valence-electron chi connectivity index (χ4n) is 3.23. The van der Waals surface area contributed by atoms with Crippen molar-refractivity contribution in [2.24, 2.45) is 11.1 Å². The van der Waals surface area contributed by atoms with Crippen molar-refractivity contribution in [2.75, 3.05) is 18.8 Å². The van der Waals surface area contributed by atoms with Crippen LogP contribution in [0.25, 0.3) is 0 Å². The van der Waals surface area contributed by atoms with E-state index in [0.29, 0.717) is 25.9 Å². The number of nitrogens with two attached hydrogens (primary N) is 1. The van der Waals surface area contributed by atoms with Crippen molar-refractivity contribution in [3.63, 3.8) is 0 Å². The molecule has 2 N–H and O–H groups in total. The lowest BCUT2D eigenvalue weighted by Gasteiger charge is -2.33. The highest BCUT2D eigenvalue weighted by atomic mass is 32.2. The Morgan fingerprint density at radius 1 is 1.28 bits per heavy atom. The molecule has 0 saturated carbocycles. The van der Waals surface area contributed by atoms with Crippen LogP contribution < -0.4 is 5.14 Å². The summed E-state index contributed by atoms with van der Waals surface area (Å²) in [6.45, 7) is 1.18. The van der Waals surface area contributed by atoms with E-state index in [1.54, 1.807) is 4.90 Å². The van der Waals surface area contributed by atoms with Gasteiger partial charge >= 0.3 is 0 Å². The van der Waals surface area contributed by atoms with Crippen LogP contribution in [0.4, 0.5) is 8.78 Å². The molecule has 1 saturated heterocycles. The number of likely N-dealkylation sites (tertiary alicyclic amines) is 1. The summed E-state index contributed by atoms with van der Waals surface area (Å²) in [5, 5.41) is 4.93. The zero-order chi connectivity index (χ0) is 18.4. The Bertz CT molecular complexity index is 690. The summed E-state index contributed by atoms with van der Waals surface area (Å²) in [5.74, 6) is -1.18. The highest BCUT2D eigenvalue weighted by Crippen LogP contribution is 2.24. The summed E-state index contributed by atoms with van der Waals surface area (Å²) in [5.41, 5.74) is 0.0964. The zero-order valence-electron chi connectivity index (χ0n) is 14.1. The first-order valence-electron chi connectivity index (χ1n) is 8.47. The average Bonchev–Trinajstić information content (AvgIpc) is 2.53. The van der Waals surface area contributed by atoms with Gasteiger partial charge in [-0.1, -0.05) is 6.07 Å². The molecule has 0 bridgehead atoms. The van der Waals surface area contributed by atoms with Crippen LogP contribution in [0, 0.1) is 17.6 Å². The van der Waals surface area contributed by atoms with Crippen molar-refractivity contribution >= 4 is 15.9 Å². The maximum Gasteiger partial charge on any atom is 0.222 e. The van der Waals surface area contributed by atoms with Gasteiger partial charge in [-0.2, -0.15) is 0 Å². The number of hydrogen-bond acceptors (Lipinski definition) is 3. The zero-order valence-corrected chi connectivity index (χ0v) is 14.9. The molecule has 25 heavy (non-hydrogen) atoms. The number of halogens is 2. The molecule has 1 aliphatic rings. The summed E-state index contributed by atoms with van der Waals surface area (Å²) < 4.78 is 49.2. The Hall–Kier alpha value is -1.54. The number of sulfonamides is 1. The predicted molar refractivity (Wildman–Crippen MR) is 91.2 cm³/mol. The normalized spacial score (nSPS) is 18.4. The lowest BCUT2D eigenvalue weighted by Crippen LogP contribution is -2.40. The van der Waals surface area contributed by atoms with Gasteiger partial charge in [-0.15, -0.1) is 0 Å². The summed E-state index contributed by atoms with van der Waals surface area (Å²) in [4.78, 5) is 13.9. The molecular weight excluding hydrogens is 350 g/mol. The molecule has 2 rings (SSSR count). The number of nitrogens with zero attached hydrogens (tertiary/aromatic N) is 1. The van der Waals surface area contributed by atoms with Crippen LogP contribution in [0.15, 0.2) is 18.2 Å². The standard InChI is InChI=1S/C17H24F2N2O3S/c18-15-5-1-6-16(19)14(15)9-8-13-4-2-10-21(12-13)17(22)7-3-11-25(20,23)24/h1,5-6,13H,2-4,7-12H2,(H2,20,23,24)/t13-/m0/s1. The van der Waals surface area contributed by atoms with Crippen molar-refractivity contribution in [1.82, 2.24) is 4.90 Å². The molecule has 1 heterocycles. The highest BCUT2D eigenvalue weighted by Gasteiger charge is 2.24. The smallest absolute Gasteiger partial charge is 0.222 e. The van der Waals surface area contributed by atoms with E-state index in [1.165, 1.54) is 18.2 Å². The third-order valence-electron chi connectivity index (χ3n) is 4.56. The van der Waals surface area contributed by atoms with E-state index < -0.39 is 21.7 Å². The molecule has 0 unspecified atom stereocenters. The molecule has 8 heteroatoms. The van der Waals surface area contributed by atoms with E-state index in [-0.39, 0.29) is 36.0 Å². The number of amides is 1. The lowest BCUT2D eigenvalue weighted by atomic mass is 9.91.